The van der Waals surface area contributed by atoms with Gasteiger partial charge in [-0.2, -0.15) is 0 Å². The number of likely N-dealkylation sites (tertiary alicyclic amines) is 1. The zero-order chi connectivity index (χ0) is 15.4. The topological polar surface area (TPSA) is 51.0 Å². The van der Waals surface area contributed by atoms with E-state index in [2.05, 4.69) is 10.2 Å². The summed E-state index contributed by atoms with van der Waals surface area (Å²) in [6.07, 6.45) is 5.40. The average Bonchev–Trinajstić information content (AvgIpc) is 3.09. The molecule has 0 atom stereocenters. The standard InChI is InChI=1S/C15H17ClN4OS/c16-12-1-3-14(4-2-12)22-9-15(21)19-7-5-13(6-8-19)20-10-17-18-11-20/h1-4,10-11,13H,5-9H2. The van der Waals surface area contributed by atoms with Gasteiger partial charge < -0.3 is 9.47 Å². The monoisotopic (exact) mass is 336 g/mol. The van der Waals surface area contributed by atoms with Crippen LogP contribution in [0, 0.1) is 0 Å². The molecule has 0 bridgehead atoms. The number of rotatable bonds is 4. The number of hydrogen-bond donors (Lipinski definition) is 0. The fraction of sp³-hybridized carbons (Fsp3) is 0.400. The lowest BCUT2D eigenvalue weighted by atomic mass is 10.1. The fourth-order valence-corrected chi connectivity index (χ4v) is 3.51. The Morgan fingerprint density at radius 1 is 1.18 bits per heavy atom. The zero-order valence-corrected chi connectivity index (χ0v) is 13.6. The highest BCUT2D eigenvalue weighted by atomic mass is 35.5. The molecular formula is C15H17ClN4OS. The van der Waals surface area contributed by atoms with Crippen LogP contribution in [0.5, 0.6) is 0 Å². The minimum atomic E-state index is 0.196. The zero-order valence-electron chi connectivity index (χ0n) is 12.1. The Kier molecular flexibility index (Phi) is 5.00. The first kappa shape index (κ1) is 15.4. The van der Waals surface area contributed by atoms with Gasteiger partial charge in [0.1, 0.15) is 12.7 Å². The highest BCUT2D eigenvalue weighted by Crippen LogP contribution is 2.24. The molecule has 22 heavy (non-hydrogen) atoms. The molecule has 7 heteroatoms. The number of halogens is 1. The highest BCUT2D eigenvalue weighted by Gasteiger charge is 2.23. The molecule has 1 fully saturated rings. The third-order valence-electron chi connectivity index (χ3n) is 3.85. The number of piperidine rings is 1. The number of carbonyl (C=O) groups is 1. The van der Waals surface area contributed by atoms with Gasteiger partial charge in [-0.05, 0) is 37.1 Å². The maximum absolute atomic E-state index is 12.3. The Morgan fingerprint density at radius 2 is 1.82 bits per heavy atom. The van der Waals surface area contributed by atoms with Gasteiger partial charge in [-0.25, -0.2) is 0 Å². The molecule has 0 saturated carbocycles. The fourth-order valence-electron chi connectivity index (χ4n) is 2.58. The Labute approximate surface area is 138 Å². The van der Waals surface area contributed by atoms with Crippen LogP contribution in [0.3, 0.4) is 0 Å². The minimum absolute atomic E-state index is 0.196. The number of benzene rings is 1. The molecular weight excluding hydrogens is 320 g/mol. The van der Waals surface area contributed by atoms with E-state index >= 15 is 0 Å². The van der Waals surface area contributed by atoms with Gasteiger partial charge in [0.15, 0.2) is 0 Å². The van der Waals surface area contributed by atoms with E-state index in [9.17, 15) is 4.79 Å². The minimum Gasteiger partial charge on any atom is -0.342 e. The van der Waals surface area contributed by atoms with Crippen molar-refractivity contribution in [1.29, 1.82) is 0 Å². The summed E-state index contributed by atoms with van der Waals surface area (Å²) in [5.41, 5.74) is 0. The summed E-state index contributed by atoms with van der Waals surface area (Å²) in [4.78, 5) is 15.3. The summed E-state index contributed by atoms with van der Waals surface area (Å²) in [6, 6.07) is 7.98. The Balaban J connectivity index is 1.46. The SMILES string of the molecule is O=C(CSc1ccc(Cl)cc1)N1CCC(n2cnnc2)CC1. The van der Waals surface area contributed by atoms with Crippen molar-refractivity contribution in [1.82, 2.24) is 19.7 Å². The first-order valence-corrected chi connectivity index (χ1v) is 8.59. The molecule has 1 aromatic carbocycles. The molecule has 0 N–H and O–H groups in total. The lowest BCUT2D eigenvalue weighted by molar-refractivity contribution is -0.129. The molecule has 5 nitrogen and oxygen atoms in total. The predicted octanol–water partition coefficient (Wildman–Crippen LogP) is 2.89. The molecule has 1 amide bonds. The van der Waals surface area contributed by atoms with E-state index < -0.39 is 0 Å². The first-order chi connectivity index (χ1) is 10.7. The van der Waals surface area contributed by atoms with E-state index in [1.165, 1.54) is 0 Å². The molecule has 0 unspecified atom stereocenters. The molecule has 2 aromatic rings. The molecule has 1 aliphatic rings. The molecule has 3 rings (SSSR count). The number of amides is 1. The van der Waals surface area contributed by atoms with Crippen molar-refractivity contribution in [2.75, 3.05) is 18.8 Å². The summed E-state index contributed by atoms with van der Waals surface area (Å²) >= 11 is 7.41. The first-order valence-electron chi connectivity index (χ1n) is 7.22. The van der Waals surface area contributed by atoms with Crippen molar-refractivity contribution >= 4 is 29.3 Å². The van der Waals surface area contributed by atoms with Crippen molar-refractivity contribution in [3.05, 3.63) is 41.9 Å². The van der Waals surface area contributed by atoms with E-state index in [0.717, 1.165) is 30.8 Å². The van der Waals surface area contributed by atoms with Gasteiger partial charge in [0, 0.05) is 29.0 Å². The Bertz CT molecular complexity index is 609. The second-order valence-corrected chi connectivity index (χ2v) is 6.75. The smallest absolute Gasteiger partial charge is 0.232 e. The lowest BCUT2D eigenvalue weighted by Gasteiger charge is -2.32. The molecule has 0 radical (unpaired) electrons. The number of aromatic nitrogens is 3. The van der Waals surface area contributed by atoms with Crippen molar-refractivity contribution in [3.63, 3.8) is 0 Å². The number of nitrogens with zero attached hydrogens (tertiary/aromatic N) is 4. The van der Waals surface area contributed by atoms with Gasteiger partial charge in [0.05, 0.1) is 5.75 Å². The van der Waals surface area contributed by atoms with Crippen LogP contribution in [0.2, 0.25) is 5.02 Å². The van der Waals surface area contributed by atoms with E-state index in [-0.39, 0.29) is 5.91 Å². The summed E-state index contributed by atoms with van der Waals surface area (Å²) < 4.78 is 2.03. The van der Waals surface area contributed by atoms with Gasteiger partial charge >= 0.3 is 0 Å². The van der Waals surface area contributed by atoms with Crippen LogP contribution in [0.15, 0.2) is 41.8 Å². The summed E-state index contributed by atoms with van der Waals surface area (Å²) in [6.45, 7) is 1.59. The van der Waals surface area contributed by atoms with Crippen molar-refractivity contribution in [3.8, 4) is 0 Å². The van der Waals surface area contributed by atoms with Gasteiger partial charge in [0.2, 0.25) is 5.91 Å². The van der Waals surface area contributed by atoms with Crippen molar-refractivity contribution in [2.45, 2.75) is 23.8 Å². The van der Waals surface area contributed by atoms with Gasteiger partial charge in [-0.3, -0.25) is 4.79 Å². The van der Waals surface area contributed by atoms with Gasteiger partial charge in [0.25, 0.3) is 0 Å². The quantitative estimate of drug-likeness (QED) is 0.806. The molecule has 116 valence electrons. The van der Waals surface area contributed by atoms with Gasteiger partial charge in [-0.15, -0.1) is 22.0 Å². The molecule has 0 aliphatic carbocycles. The lowest BCUT2D eigenvalue weighted by Crippen LogP contribution is -2.39. The van der Waals surface area contributed by atoms with Crippen molar-refractivity contribution < 1.29 is 4.79 Å². The maximum Gasteiger partial charge on any atom is 0.232 e. The van der Waals surface area contributed by atoms with E-state index in [1.54, 1.807) is 24.4 Å². The molecule has 1 aromatic heterocycles. The average molecular weight is 337 g/mol. The third-order valence-corrected chi connectivity index (χ3v) is 5.10. The number of hydrogen-bond acceptors (Lipinski definition) is 4. The van der Waals surface area contributed by atoms with E-state index in [0.29, 0.717) is 16.8 Å². The van der Waals surface area contributed by atoms with Crippen LogP contribution in [-0.4, -0.2) is 44.4 Å². The second-order valence-electron chi connectivity index (χ2n) is 5.26. The summed E-state index contributed by atoms with van der Waals surface area (Å²) in [5, 5.41) is 8.40. The van der Waals surface area contributed by atoms with E-state index in [4.69, 9.17) is 11.6 Å². The number of carbonyl (C=O) groups excluding carboxylic acids is 1. The third kappa shape index (κ3) is 3.81. The molecule has 2 heterocycles. The molecule has 1 aliphatic heterocycles. The normalized spacial score (nSPS) is 16.0. The molecule has 0 spiro atoms. The molecule has 1 saturated heterocycles. The second kappa shape index (κ2) is 7.15. The van der Waals surface area contributed by atoms with Crippen LogP contribution in [0.25, 0.3) is 0 Å². The Hall–Kier alpha value is -1.53. The van der Waals surface area contributed by atoms with Crippen LogP contribution < -0.4 is 0 Å². The number of thioether (sulfide) groups is 1. The van der Waals surface area contributed by atoms with Crippen molar-refractivity contribution in [2.24, 2.45) is 0 Å². The Morgan fingerprint density at radius 3 is 2.45 bits per heavy atom. The predicted molar refractivity (Wildman–Crippen MR) is 87.0 cm³/mol. The largest absolute Gasteiger partial charge is 0.342 e. The van der Waals surface area contributed by atoms with Crippen LogP contribution in [0.4, 0.5) is 0 Å². The van der Waals surface area contributed by atoms with Crippen LogP contribution >= 0.6 is 23.4 Å². The van der Waals surface area contributed by atoms with Crippen LogP contribution in [-0.2, 0) is 4.79 Å². The summed E-state index contributed by atoms with van der Waals surface area (Å²) in [7, 11) is 0. The highest BCUT2D eigenvalue weighted by molar-refractivity contribution is 8.00. The van der Waals surface area contributed by atoms with Crippen LogP contribution in [0.1, 0.15) is 18.9 Å². The van der Waals surface area contributed by atoms with Gasteiger partial charge in [-0.1, -0.05) is 11.6 Å². The van der Waals surface area contributed by atoms with E-state index in [1.807, 2.05) is 33.7 Å². The summed E-state index contributed by atoms with van der Waals surface area (Å²) in [5.74, 6) is 0.668. The maximum atomic E-state index is 12.3.